The van der Waals surface area contributed by atoms with Gasteiger partial charge in [-0.3, -0.25) is 14.5 Å². The van der Waals surface area contributed by atoms with Crippen molar-refractivity contribution in [2.75, 3.05) is 46.5 Å². The van der Waals surface area contributed by atoms with E-state index >= 15 is 0 Å². The molecule has 1 aromatic rings. The minimum absolute atomic E-state index is 0.0263. The summed E-state index contributed by atoms with van der Waals surface area (Å²) in [4.78, 5) is 25.8. The van der Waals surface area contributed by atoms with Crippen LogP contribution in [0.1, 0.15) is 22.8 Å². The lowest BCUT2D eigenvalue weighted by Gasteiger charge is -2.26. The van der Waals surface area contributed by atoms with Gasteiger partial charge in [0.15, 0.2) is 5.78 Å². The highest BCUT2D eigenvalue weighted by Gasteiger charge is 2.13. The van der Waals surface area contributed by atoms with Crippen molar-refractivity contribution < 1.29 is 19.1 Å². The third-order valence-corrected chi connectivity index (χ3v) is 3.89. The summed E-state index contributed by atoms with van der Waals surface area (Å²) in [5.74, 6) is 0.525. The number of ether oxygens (including phenoxy) is 2. The summed E-state index contributed by atoms with van der Waals surface area (Å²) in [6.45, 7) is 6.25. The highest BCUT2D eigenvalue weighted by molar-refractivity contribution is 5.94. The molecule has 126 valence electrons. The smallest absolute Gasteiger partial charge is 0.224 e. The number of hydrogen-bond acceptors (Lipinski definition) is 5. The van der Waals surface area contributed by atoms with Gasteiger partial charge in [0, 0.05) is 37.3 Å². The first kappa shape index (κ1) is 17.4. The number of nitrogens with one attached hydrogen (secondary N) is 1. The molecule has 1 amide bonds. The Bertz CT molecular complexity index is 554. The molecule has 1 heterocycles. The second-order valence-electron chi connectivity index (χ2n) is 5.56. The van der Waals surface area contributed by atoms with Crippen LogP contribution in [0.5, 0.6) is 5.75 Å². The zero-order chi connectivity index (χ0) is 16.7. The van der Waals surface area contributed by atoms with Crippen molar-refractivity contribution in [1.82, 2.24) is 10.2 Å². The summed E-state index contributed by atoms with van der Waals surface area (Å²) >= 11 is 0. The highest BCUT2D eigenvalue weighted by Crippen LogP contribution is 2.20. The average Bonchev–Trinajstić information content (AvgIpc) is 2.55. The van der Waals surface area contributed by atoms with E-state index in [1.54, 1.807) is 25.3 Å². The third kappa shape index (κ3) is 5.33. The first-order valence-corrected chi connectivity index (χ1v) is 7.85. The fourth-order valence-electron chi connectivity index (χ4n) is 2.55. The maximum atomic E-state index is 12.1. The minimum Gasteiger partial charge on any atom is -0.496 e. The molecule has 0 aromatic heterocycles. The van der Waals surface area contributed by atoms with Gasteiger partial charge in [0.2, 0.25) is 5.91 Å². The lowest BCUT2D eigenvalue weighted by atomic mass is 10.0. The maximum absolute atomic E-state index is 12.1. The zero-order valence-corrected chi connectivity index (χ0v) is 13.8. The second kappa shape index (κ2) is 8.64. The summed E-state index contributed by atoms with van der Waals surface area (Å²) in [5, 5.41) is 2.92. The molecule has 1 aromatic carbocycles. The number of carbonyl (C=O) groups is 2. The summed E-state index contributed by atoms with van der Waals surface area (Å²) in [7, 11) is 1.56. The third-order valence-electron chi connectivity index (χ3n) is 3.89. The van der Waals surface area contributed by atoms with Crippen LogP contribution in [-0.2, 0) is 16.0 Å². The molecule has 6 heteroatoms. The number of nitrogens with zero attached hydrogens (tertiary/aromatic N) is 1. The van der Waals surface area contributed by atoms with E-state index in [4.69, 9.17) is 9.47 Å². The molecule has 1 aliphatic rings. The quantitative estimate of drug-likeness (QED) is 0.756. The Kier molecular flexibility index (Phi) is 6.55. The predicted molar refractivity (Wildman–Crippen MR) is 87.0 cm³/mol. The Morgan fingerprint density at radius 3 is 2.70 bits per heavy atom. The number of Topliss-reactive ketones (excluding diaryl/α,β-unsaturated/α-hetero) is 1. The van der Waals surface area contributed by atoms with Crippen molar-refractivity contribution in [3.63, 3.8) is 0 Å². The normalized spacial score (nSPS) is 15.2. The number of rotatable bonds is 7. The summed E-state index contributed by atoms with van der Waals surface area (Å²) < 4.78 is 10.6. The van der Waals surface area contributed by atoms with Crippen molar-refractivity contribution in [3.05, 3.63) is 29.3 Å². The summed E-state index contributed by atoms with van der Waals surface area (Å²) in [6, 6.07) is 5.16. The lowest BCUT2D eigenvalue weighted by Crippen LogP contribution is -2.41. The molecule has 0 spiro atoms. The van der Waals surface area contributed by atoms with Crippen LogP contribution in [0.15, 0.2) is 18.2 Å². The Labute approximate surface area is 136 Å². The number of benzene rings is 1. The number of methoxy groups -OCH3 is 1. The Hall–Kier alpha value is -1.92. The van der Waals surface area contributed by atoms with Crippen LogP contribution in [0.3, 0.4) is 0 Å². The first-order chi connectivity index (χ1) is 11.1. The molecule has 1 aliphatic heterocycles. The fraction of sp³-hybridized carbons (Fsp3) is 0.529. The van der Waals surface area contributed by atoms with Gasteiger partial charge in [0.25, 0.3) is 0 Å². The van der Waals surface area contributed by atoms with E-state index in [0.717, 1.165) is 38.4 Å². The van der Waals surface area contributed by atoms with Crippen molar-refractivity contribution in [3.8, 4) is 5.75 Å². The van der Waals surface area contributed by atoms with E-state index in [1.807, 2.05) is 0 Å². The average molecular weight is 320 g/mol. The van der Waals surface area contributed by atoms with Crippen molar-refractivity contribution >= 4 is 11.7 Å². The molecule has 0 bridgehead atoms. The molecule has 0 saturated carbocycles. The summed E-state index contributed by atoms with van der Waals surface area (Å²) in [5.41, 5.74) is 1.31. The van der Waals surface area contributed by atoms with Crippen LogP contribution in [0.25, 0.3) is 0 Å². The van der Waals surface area contributed by atoms with Crippen molar-refractivity contribution in [2.45, 2.75) is 13.3 Å². The maximum Gasteiger partial charge on any atom is 0.224 e. The molecule has 1 saturated heterocycles. The van der Waals surface area contributed by atoms with E-state index in [9.17, 15) is 9.59 Å². The molecule has 1 N–H and O–H groups in total. The van der Waals surface area contributed by atoms with E-state index in [0.29, 0.717) is 17.9 Å². The molecular formula is C17H24N2O4. The van der Waals surface area contributed by atoms with Crippen LogP contribution in [0.2, 0.25) is 0 Å². The van der Waals surface area contributed by atoms with Crippen LogP contribution in [0.4, 0.5) is 0 Å². The van der Waals surface area contributed by atoms with E-state index in [2.05, 4.69) is 10.2 Å². The van der Waals surface area contributed by atoms with Crippen LogP contribution < -0.4 is 10.1 Å². The van der Waals surface area contributed by atoms with Gasteiger partial charge < -0.3 is 14.8 Å². The monoisotopic (exact) mass is 320 g/mol. The predicted octanol–water partition coefficient (Wildman–Crippen LogP) is 0.889. The van der Waals surface area contributed by atoms with E-state index in [-0.39, 0.29) is 18.1 Å². The van der Waals surface area contributed by atoms with Gasteiger partial charge in [-0.25, -0.2) is 0 Å². The minimum atomic E-state index is -0.0720. The van der Waals surface area contributed by atoms with Crippen molar-refractivity contribution in [1.29, 1.82) is 0 Å². The standard InChI is InChI=1S/C17H24N2O4/c1-13(20)14-3-4-16(22-2)15(11-14)12-17(21)18-5-6-19-7-9-23-10-8-19/h3-4,11H,5-10,12H2,1-2H3,(H,18,21). The number of hydrogen-bond donors (Lipinski definition) is 1. The fourth-order valence-corrected chi connectivity index (χ4v) is 2.55. The first-order valence-electron chi connectivity index (χ1n) is 7.85. The number of morpholine rings is 1. The van der Waals surface area contributed by atoms with Gasteiger partial charge in [-0.1, -0.05) is 0 Å². The Balaban J connectivity index is 1.86. The van der Waals surface area contributed by atoms with E-state index < -0.39 is 0 Å². The van der Waals surface area contributed by atoms with Gasteiger partial charge in [-0.05, 0) is 25.1 Å². The summed E-state index contributed by atoms with van der Waals surface area (Å²) in [6.07, 6.45) is 0.202. The van der Waals surface area contributed by atoms with Crippen LogP contribution in [-0.4, -0.2) is 63.1 Å². The second-order valence-corrected chi connectivity index (χ2v) is 5.56. The topological polar surface area (TPSA) is 67.9 Å². The molecule has 6 nitrogen and oxygen atoms in total. The van der Waals surface area contributed by atoms with E-state index in [1.165, 1.54) is 6.92 Å². The lowest BCUT2D eigenvalue weighted by molar-refractivity contribution is -0.120. The molecule has 0 radical (unpaired) electrons. The molecule has 0 atom stereocenters. The van der Waals surface area contributed by atoms with Gasteiger partial charge in [0.05, 0.1) is 26.7 Å². The molecule has 23 heavy (non-hydrogen) atoms. The number of ketones is 1. The zero-order valence-electron chi connectivity index (χ0n) is 13.8. The molecule has 0 unspecified atom stereocenters. The number of carbonyl (C=O) groups excluding carboxylic acids is 2. The van der Waals surface area contributed by atoms with Gasteiger partial charge in [-0.2, -0.15) is 0 Å². The molecule has 0 aliphatic carbocycles. The van der Waals surface area contributed by atoms with Gasteiger partial charge in [0.1, 0.15) is 5.75 Å². The molecule has 2 rings (SSSR count). The SMILES string of the molecule is COc1ccc(C(C)=O)cc1CC(=O)NCCN1CCOCC1. The Morgan fingerprint density at radius 1 is 1.30 bits per heavy atom. The largest absolute Gasteiger partial charge is 0.496 e. The number of amides is 1. The van der Waals surface area contributed by atoms with Crippen LogP contribution in [0, 0.1) is 0 Å². The van der Waals surface area contributed by atoms with Crippen LogP contribution >= 0.6 is 0 Å². The van der Waals surface area contributed by atoms with Crippen molar-refractivity contribution in [2.24, 2.45) is 0 Å². The molecule has 1 fully saturated rings. The highest BCUT2D eigenvalue weighted by atomic mass is 16.5. The van der Waals surface area contributed by atoms with Gasteiger partial charge in [-0.15, -0.1) is 0 Å². The Morgan fingerprint density at radius 2 is 2.04 bits per heavy atom. The van der Waals surface area contributed by atoms with Gasteiger partial charge >= 0.3 is 0 Å². The molecular weight excluding hydrogens is 296 g/mol.